The van der Waals surface area contributed by atoms with E-state index < -0.39 is 17.9 Å². The molecule has 1 aromatic heterocycles. The van der Waals surface area contributed by atoms with Gasteiger partial charge in [0.25, 0.3) is 5.95 Å². The summed E-state index contributed by atoms with van der Waals surface area (Å²) in [5, 5.41) is 11.3. The van der Waals surface area contributed by atoms with Crippen molar-refractivity contribution in [2.45, 2.75) is 13.0 Å². The van der Waals surface area contributed by atoms with Gasteiger partial charge in [-0.05, 0) is 35.0 Å². The minimum Gasteiger partial charge on any atom is -0.497 e. The molecule has 1 aromatic carbocycles. The SMILES string of the molecule is COC(=O)C1=Nc2nnnn2C(c2cccc(OC)c2)C1C(C)=O. The average molecular weight is 329 g/mol. The van der Waals surface area contributed by atoms with Crippen molar-refractivity contribution >= 4 is 23.4 Å². The van der Waals surface area contributed by atoms with Crippen LogP contribution in [0, 0.1) is 5.92 Å². The van der Waals surface area contributed by atoms with Crippen LogP contribution in [0.5, 0.6) is 5.75 Å². The fourth-order valence-corrected chi connectivity index (χ4v) is 2.76. The highest BCUT2D eigenvalue weighted by Gasteiger charge is 2.42. The van der Waals surface area contributed by atoms with Crippen molar-refractivity contribution in [3.8, 4) is 5.75 Å². The van der Waals surface area contributed by atoms with Crippen LogP contribution in [0.15, 0.2) is 29.3 Å². The predicted molar refractivity (Wildman–Crippen MR) is 82.2 cm³/mol. The van der Waals surface area contributed by atoms with E-state index in [1.165, 1.54) is 18.7 Å². The number of ether oxygens (including phenoxy) is 2. The molecule has 0 aliphatic carbocycles. The van der Waals surface area contributed by atoms with Gasteiger partial charge in [-0.1, -0.05) is 17.2 Å². The van der Waals surface area contributed by atoms with Crippen LogP contribution in [0.2, 0.25) is 0 Å². The highest BCUT2D eigenvalue weighted by molar-refractivity contribution is 6.41. The summed E-state index contributed by atoms with van der Waals surface area (Å²) in [7, 11) is 2.78. The number of Topliss-reactive ketones (excluding diaryl/α,β-unsaturated/α-hetero) is 1. The summed E-state index contributed by atoms with van der Waals surface area (Å²) in [6.45, 7) is 1.39. The topological polar surface area (TPSA) is 109 Å². The lowest BCUT2D eigenvalue weighted by atomic mass is 9.85. The molecule has 2 atom stereocenters. The fraction of sp³-hybridized carbons (Fsp3) is 0.333. The summed E-state index contributed by atoms with van der Waals surface area (Å²) >= 11 is 0. The molecule has 0 fully saturated rings. The van der Waals surface area contributed by atoms with Crippen LogP contribution in [0.4, 0.5) is 5.95 Å². The summed E-state index contributed by atoms with van der Waals surface area (Å²) in [5.74, 6) is -1.03. The van der Waals surface area contributed by atoms with E-state index >= 15 is 0 Å². The normalized spacial score (nSPS) is 19.2. The zero-order valence-electron chi connectivity index (χ0n) is 13.3. The monoisotopic (exact) mass is 329 g/mol. The number of aliphatic imine (C=N–C) groups is 1. The maximum Gasteiger partial charge on any atom is 0.353 e. The second-order valence-electron chi connectivity index (χ2n) is 5.22. The maximum atomic E-state index is 12.3. The number of methoxy groups -OCH3 is 2. The maximum absolute atomic E-state index is 12.3. The molecule has 0 amide bonds. The third-order valence-electron chi connectivity index (χ3n) is 3.84. The molecule has 2 heterocycles. The van der Waals surface area contributed by atoms with Crippen molar-refractivity contribution < 1.29 is 19.1 Å². The molecule has 0 N–H and O–H groups in total. The van der Waals surface area contributed by atoms with Crippen LogP contribution in [0.25, 0.3) is 0 Å². The van der Waals surface area contributed by atoms with Crippen LogP contribution in [0.1, 0.15) is 18.5 Å². The Morgan fingerprint density at radius 3 is 2.71 bits per heavy atom. The van der Waals surface area contributed by atoms with Gasteiger partial charge in [0.15, 0.2) is 0 Å². The molecule has 2 unspecified atom stereocenters. The van der Waals surface area contributed by atoms with E-state index in [0.717, 1.165) is 5.56 Å². The van der Waals surface area contributed by atoms with Crippen molar-refractivity contribution in [2.75, 3.05) is 14.2 Å². The number of nitrogens with zero attached hydrogens (tertiary/aromatic N) is 5. The van der Waals surface area contributed by atoms with Gasteiger partial charge < -0.3 is 9.47 Å². The van der Waals surface area contributed by atoms with Gasteiger partial charge in [-0.15, -0.1) is 0 Å². The Labute approximate surface area is 137 Å². The van der Waals surface area contributed by atoms with Gasteiger partial charge in [-0.3, -0.25) is 4.79 Å². The van der Waals surface area contributed by atoms with Crippen molar-refractivity contribution in [1.82, 2.24) is 20.2 Å². The minimum atomic E-state index is -0.861. The third kappa shape index (κ3) is 2.53. The van der Waals surface area contributed by atoms with Crippen LogP contribution in [-0.2, 0) is 14.3 Å². The first-order valence-electron chi connectivity index (χ1n) is 7.16. The van der Waals surface area contributed by atoms with E-state index in [9.17, 15) is 9.59 Å². The number of fused-ring (bicyclic) bond motifs is 1. The number of tetrazole rings is 1. The highest BCUT2D eigenvalue weighted by atomic mass is 16.5. The molecule has 124 valence electrons. The molecule has 0 saturated carbocycles. The van der Waals surface area contributed by atoms with Crippen LogP contribution >= 0.6 is 0 Å². The Balaban J connectivity index is 2.20. The standard InChI is InChI=1S/C15H15N5O4/c1-8(21)11-12(14(22)24-3)16-15-17-18-19-20(15)13(11)9-5-4-6-10(7-9)23-2/h4-7,11,13H,1-3H3. The quantitative estimate of drug-likeness (QED) is 0.761. The number of hydrogen-bond acceptors (Lipinski definition) is 8. The highest BCUT2D eigenvalue weighted by Crippen LogP contribution is 2.36. The number of esters is 1. The number of ketones is 1. The lowest BCUT2D eigenvalue weighted by Crippen LogP contribution is -2.40. The van der Waals surface area contributed by atoms with Crippen molar-refractivity contribution in [1.29, 1.82) is 0 Å². The smallest absolute Gasteiger partial charge is 0.353 e. The number of aromatic nitrogens is 4. The lowest BCUT2D eigenvalue weighted by Gasteiger charge is -2.29. The van der Waals surface area contributed by atoms with E-state index in [1.54, 1.807) is 25.3 Å². The zero-order chi connectivity index (χ0) is 17.3. The van der Waals surface area contributed by atoms with E-state index in [0.29, 0.717) is 5.75 Å². The Morgan fingerprint density at radius 2 is 2.04 bits per heavy atom. The summed E-state index contributed by atoms with van der Waals surface area (Å²) in [4.78, 5) is 28.5. The number of rotatable bonds is 4. The van der Waals surface area contributed by atoms with Gasteiger partial charge in [0.1, 0.15) is 17.2 Å². The first kappa shape index (κ1) is 15.8. The van der Waals surface area contributed by atoms with Gasteiger partial charge in [-0.2, -0.15) is 0 Å². The third-order valence-corrected chi connectivity index (χ3v) is 3.84. The van der Waals surface area contributed by atoms with Crippen LogP contribution in [-0.4, -0.2) is 51.9 Å². The van der Waals surface area contributed by atoms with Crippen molar-refractivity contribution in [2.24, 2.45) is 10.9 Å². The second-order valence-corrected chi connectivity index (χ2v) is 5.22. The van der Waals surface area contributed by atoms with Crippen molar-refractivity contribution in [3.05, 3.63) is 29.8 Å². The minimum absolute atomic E-state index is 0.0138. The molecule has 0 radical (unpaired) electrons. The molecular weight excluding hydrogens is 314 g/mol. The Hall–Kier alpha value is -3.10. The summed E-state index contributed by atoms with van der Waals surface area (Å²) in [5.41, 5.74) is 0.708. The van der Waals surface area contributed by atoms with Crippen molar-refractivity contribution in [3.63, 3.8) is 0 Å². The Morgan fingerprint density at radius 1 is 1.25 bits per heavy atom. The number of carbonyl (C=O) groups is 2. The first-order valence-corrected chi connectivity index (χ1v) is 7.16. The molecule has 3 rings (SSSR count). The zero-order valence-corrected chi connectivity index (χ0v) is 13.3. The van der Waals surface area contributed by atoms with Gasteiger partial charge in [-0.25, -0.2) is 14.5 Å². The Kier molecular flexibility index (Phi) is 4.07. The molecule has 2 aromatic rings. The van der Waals surface area contributed by atoms with Crippen LogP contribution < -0.4 is 4.74 Å². The number of benzene rings is 1. The molecule has 1 aliphatic rings. The summed E-state index contributed by atoms with van der Waals surface area (Å²) < 4.78 is 11.4. The molecule has 0 spiro atoms. The van der Waals surface area contributed by atoms with Gasteiger partial charge in [0.2, 0.25) is 0 Å². The largest absolute Gasteiger partial charge is 0.497 e. The molecule has 24 heavy (non-hydrogen) atoms. The van der Waals surface area contributed by atoms with Crippen LogP contribution in [0.3, 0.4) is 0 Å². The number of hydrogen-bond donors (Lipinski definition) is 0. The van der Waals surface area contributed by atoms with Gasteiger partial charge in [0.05, 0.1) is 26.2 Å². The molecule has 0 saturated heterocycles. The summed E-state index contributed by atoms with van der Waals surface area (Å²) in [6.07, 6.45) is 0. The Bertz CT molecular complexity index is 829. The van der Waals surface area contributed by atoms with E-state index in [2.05, 4.69) is 20.5 Å². The molecule has 1 aliphatic heterocycles. The number of carbonyl (C=O) groups excluding carboxylic acids is 2. The molecule has 9 nitrogen and oxygen atoms in total. The van der Waals surface area contributed by atoms with Gasteiger partial charge in [0, 0.05) is 0 Å². The lowest BCUT2D eigenvalue weighted by molar-refractivity contribution is -0.134. The van der Waals surface area contributed by atoms with Gasteiger partial charge >= 0.3 is 5.97 Å². The van der Waals surface area contributed by atoms with E-state index in [4.69, 9.17) is 9.47 Å². The fourth-order valence-electron chi connectivity index (χ4n) is 2.76. The summed E-state index contributed by atoms with van der Waals surface area (Å²) in [6, 6.07) is 6.54. The molecular formula is C15H15N5O4. The van der Waals surface area contributed by atoms with E-state index in [1.807, 2.05) is 6.07 Å². The second kappa shape index (κ2) is 6.19. The first-order chi connectivity index (χ1) is 11.6. The molecule has 0 bridgehead atoms. The molecule has 9 heteroatoms. The van der Waals surface area contributed by atoms with E-state index in [-0.39, 0.29) is 17.4 Å². The predicted octanol–water partition coefficient (Wildman–Crippen LogP) is 0.735. The average Bonchev–Trinajstić information content (AvgIpc) is 3.07.